The molecule has 0 bridgehead atoms. The average Bonchev–Trinajstić information content (AvgIpc) is 2.34. The summed E-state index contributed by atoms with van der Waals surface area (Å²) in [6.07, 6.45) is -4.75. The maximum Gasteiger partial charge on any atom is 0.573 e. The number of benzene rings is 1. The predicted molar refractivity (Wildman–Crippen MR) is 71.4 cm³/mol. The summed E-state index contributed by atoms with van der Waals surface area (Å²) >= 11 is 4.76. The first kappa shape index (κ1) is 16.2. The Morgan fingerprint density at radius 2 is 1.95 bits per heavy atom. The second-order valence-corrected chi connectivity index (χ2v) is 4.56. The summed E-state index contributed by atoms with van der Waals surface area (Å²) in [6.45, 7) is 2.01. The average molecular weight is 306 g/mol. The van der Waals surface area contributed by atoms with Gasteiger partial charge in [0.1, 0.15) is 5.75 Å². The number of nitrogens with two attached hydrogens (primary N) is 1. The van der Waals surface area contributed by atoms with Gasteiger partial charge in [-0.1, -0.05) is 19.1 Å². The molecule has 4 nitrogen and oxygen atoms in total. The monoisotopic (exact) mass is 306 g/mol. The van der Waals surface area contributed by atoms with E-state index >= 15 is 0 Å². The van der Waals surface area contributed by atoms with Gasteiger partial charge in [0.05, 0.1) is 4.99 Å². The Morgan fingerprint density at radius 1 is 1.40 bits per heavy atom. The molecule has 0 aromatic heterocycles. The van der Waals surface area contributed by atoms with Crippen molar-refractivity contribution in [2.45, 2.75) is 13.3 Å². The first-order valence-corrected chi connectivity index (χ1v) is 6.03. The van der Waals surface area contributed by atoms with Crippen LogP contribution in [0.25, 0.3) is 0 Å². The highest BCUT2D eigenvalue weighted by Crippen LogP contribution is 2.22. The lowest BCUT2D eigenvalue weighted by Gasteiger charge is -2.12. The quantitative estimate of drug-likeness (QED) is 0.819. The van der Waals surface area contributed by atoms with Crippen LogP contribution in [0.1, 0.15) is 17.3 Å². The van der Waals surface area contributed by atoms with Gasteiger partial charge in [-0.15, -0.1) is 13.2 Å². The fourth-order valence-electron chi connectivity index (χ4n) is 1.26. The fraction of sp³-hybridized carbons (Fsp3) is 0.333. The minimum absolute atomic E-state index is 0.165. The summed E-state index contributed by atoms with van der Waals surface area (Å²) in [5.74, 6) is -0.973. The molecule has 1 rings (SSSR count). The van der Waals surface area contributed by atoms with Crippen molar-refractivity contribution < 1.29 is 22.7 Å². The van der Waals surface area contributed by atoms with E-state index < -0.39 is 12.3 Å². The zero-order valence-corrected chi connectivity index (χ0v) is 11.3. The van der Waals surface area contributed by atoms with Crippen LogP contribution in [-0.2, 0) is 0 Å². The Labute approximate surface area is 119 Å². The molecule has 0 saturated heterocycles. The zero-order valence-electron chi connectivity index (χ0n) is 10.5. The molecule has 1 amide bonds. The molecular formula is C12H13F3N2O2S. The van der Waals surface area contributed by atoms with Crippen LogP contribution in [0, 0.1) is 5.92 Å². The van der Waals surface area contributed by atoms with Crippen molar-refractivity contribution in [2.24, 2.45) is 11.7 Å². The molecule has 0 aliphatic heterocycles. The number of amides is 1. The highest BCUT2D eigenvalue weighted by atomic mass is 32.1. The van der Waals surface area contributed by atoms with E-state index in [1.807, 2.05) is 0 Å². The number of halogens is 3. The Kier molecular flexibility index (Phi) is 5.32. The first-order valence-electron chi connectivity index (χ1n) is 5.62. The summed E-state index contributed by atoms with van der Waals surface area (Å²) in [5.41, 5.74) is 5.61. The summed E-state index contributed by atoms with van der Waals surface area (Å²) in [7, 11) is 0. The van der Waals surface area contributed by atoms with E-state index in [0.29, 0.717) is 0 Å². The van der Waals surface area contributed by atoms with Crippen molar-refractivity contribution in [1.29, 1.82) is 0 Å². The molecular weight excluding hydrogens is 293 g/mol. The Morgan fingerprint density at radius 3 is 2.40 bits per heavy atom. The SMILES string of the molecule is CC(CNC(=O)c1ccc(OC(F)(F)F)cc1)C(N)=S. The van der Waals surface area contributed by atoms with Crippen LogP contribution in [0.4, 0.5) is 13.2 Å². The summed E-state index contributed by atoms with van der Waals surface area (Å²) in [6, 6.07) is 4.61. The number of hydrogen-bond acceptors (Lipinski definition) is 3. The van der Waals surface area contributed by atoms with Crippen LogP contribution in [0.3, 0.4) is 0 Å². The maximum absolute atomic E-state index is 12.0. The van der Waals surface area contributed by atoms with Gasteiger partial charge in [0.25, 0.3) is 5.91 Å². The van der Waals surface area contributed by atoms with Gasteiger partial charge >= 0.3 is 6.36 Å². The van der Waals surface area contributed by atoms with Crippen molar-refractivity contribution in [3.8, 4) is 5.75 Å². The van der Waals surface area contributed by atoms with Crippen LogP contribution in [0.5, 0.6) is 5.75 Å². The minimum atomic E-state index is -4.75. The van der Waals surface area contributed by atoms with E-state index in [-0.39, 0.29) is 28.8 Å². The molecule has 0 fully saturated rings. The van der Waals surface area contributed by atoms with Crippen LogP contribution < -0.4 is 15.8 Å². The largest absolute Gasteiger partial charge is 0.573 e. The summed E-state index contributed by atoms with van der Waals surface area (Å²) in [4.78, 5) is 12.0. The molecule has 0 spiro atoms. The number of rotatable bonds is 5. The lowest BCUT2D eigenvalue weighted by molar-refractivity contribution is -0.274. The molecule has 8 heteroatoms. The van der Waals surface area contributed by atoms with Gasteiger partial charge in [-0.2, -0.15) is 0 Å². The molecule has 0 aliphatic rings. The molecule has 1 atom stereocenters. The van der Waals surface area contributed by atoms with E-state index in [4.69, 9.17) is 18.0 Å². The third-order valence-corrected chi connectivity index (χ3v) is 2.81. The molecule has 0 aliphatic carbocycles. The third-order valence-electron chi connectivity index (χ3n) is 2.40. The smallest absolute Gasteiger partial charge is 0.406 e. The Balaban J connectivity index is 2.60. The standard InChI is InChI=1S/C12H13F3N2O2S/c1-7(10(16)20)6-17-11(18)8-2-4-9(5-3-8)19-12(13,14)15/h2-5,7H,6H2,1H3,(H2,16,20)(H,17,18). The Bertz CT molecular complexity index is 488. The fourth-order valence-corrected chi connectivity index (χ4v) is 1.34. The lowest BCUT2D eigenvalue weighted by atomic mass is 10.1. The second-order valence-electron chi connectivity index (χ2n) is 4.09. The van der Waals surface area contributed by atoms with Crippen molar-refractivity contribution in [1.82, 2.24) is 5.32 Å². The molecule has 0 saturated carbocycles. The number of carbonyl (C=O) groups excluding carboxylic acids is 1. The van der Waals surface area contributed by atoms with Gasteiger partial charge in [-0.25, -0.2) is 0 Å². The summed E-state index contributed by atoms with van der Waals surface area (Å²) < 4.78 is 39.6. The van der Waals surface area contributed by atoms with Crippen molar-refractivity contribution in [2.75, 3.05) is 6.54 Å². The van der Waals surface area contributed by atoms with Gasteiger partial charge in [0, 0.05) is 18.0 Å². The van der Waals surface area contributed by atoms with Crippen LogP contribution in [-0.4, -0.2) is 23.8 Å². The molecule has 1 aromatic rings. The maximum atomic E-state index is 12.0. The van der Waals surface area contributed by atoms with Gasteiger partial charge < -0.3 is 15.8 Å². The van der Waals surface area contributed by atoms with Gasteiger partial charge in [0.15, 0.2) is 0 Å². The lowest BCUT2D eigenvalue weighted by Crippen LogP contribution is -2.33. The molecule has 110 valence electrons. The van der Waals surface area contributed by atoms with Crippen LogP contribution in [0.2, 0.25) is 0 Å². The molecule has 3 N–H and O–H groups in total. The number of thiocarbonyl (C=S) groups is 1. The van der Waals surface area contributed by atoms with Gasteiger partial charge in [-0.3, -0.25) is 4.79 Å². The molecule has 1 unspecified atom stereocenters. The van der Waals surface area contributed by atoms with Crippen molar-refractivity contribution in [3.63, 3.8) is 0 Å². The Hall–Kier alpha value is -1.83. The van der Waals surface area contributed by atoms with Crippen molar-refractivity contribution in [3.05, 3.63) is 29.8 Å². The van der Waals surface area contributed by atoms with E-state index in [0.717, 1.165) is 12.1 Å². The van der Waals surface area contributed by atoms with E-state index in [2.05, 4.69) is 10.1 Å². The highest BCUT2D eigenvalue weighted by molar-refractivity contribution is 7.80. The molecule has 20 heavy (non-hydrogen) atoms. The normalized spacial score (nSPS) is 12.6. The number of hydrogen-bond donors (Lipinski definition) is 2. The zero-order chi connectivity index (χ0) is 15.3. The number of ether oxygens (including phenoxy) is 1. The van der Waals surface area contributed by atoms with Crippen LogP contribution in [0.15, 0.2) is 24.3 Å². The highest BCUT2D eigenvalue weighted by Gasteiger charge is 2.31. The third kappa shape index (κ3) is 5.43. The van der Waals surface area contributed by atoms with Crippen molar-refractivity contribution >= 4 is 23.1 Å². The van der Waals surface area contributed by atoms with Gasteiger partial charge in [-0.05, 0) is 24.3 Å². The molecule has 0 radical (unpaired) electrons. The number of alkyl halides is 3. The number of carbonyl (C=O) groups is 1. The van der Waals surface area contributed by atoms with Crippen LogP contribution >= 0.6 is 12.2 Å². The predicted octanol–water partition coefficient (Wildman–Crippen LogP) is 2.24. The minimum Gasteiger partial charge on any atom is -0.406 e. The summed E-state index contributed by atoms with van der Waals surface area (Å²) in [5, 5.41) is 2.58. The molecule has 0 heterocycles. The topological polar surface area (TPSA) is 64.3 Å². The van der Waals surface area contributed by atoms with E-state index in [9.17, 15) is 18.0 Å². The van der Waals surface area contributed by atoms with E-state index in [1.54, 1.807) is 6.92 Å². The van der Waals surface area contributed by atoms with E-state index in [1.165, 1.54) is 12.1 Å². The second kappa shape index (κ2) is 6.56. The molecule has 1 aromatic carbocycles. The first-order chi connectivity index (χ1) is 9.19. The number of nitrogens with one attached hydrogen (secondary N) is 1. The van der Waals surface area contributed by atoms with Gasteiger partial charge in [0.2, 0.25) is 0 Å².